The van der Waals surface area contributed by atoms with Gasteiger partial charge in [0.15, 0.2) is 0 Å². The monoisotopic (exact) mass is 729 g/mol. The third-order valence-corrected chi connectivity index (χ3v) is 12.0. The molecule has 1 aliphatic rings. The molecule has 0 radical (unpaired) electrons. The zero-order valence-electron chi connectivity index (χ0n) is 31.9. The third-order valence-electron chi connectivity index (χ3n) is 12.0. The van der Waals surface area contributed by atoms with E-state index in [1.54, 1.807) is 0 Å². The molecule has 0 saturated heterocycles. The molecule has 1 aliphatic carbocycles. The van der Waals surface area contributed by atoms with Crippen LogP contribution in [0.25, 0.3) is 77.2 Å². The summed E-state index contributed by atoms with van der Waals surface area (Å²) in [5.41, 5.74) is 17.2. The molecule has 9 aromatic carbocycles. The second-order valence-corrected chi connectivity index (χ2v) is 15.7. The zero-order valence-corrected chi connectivity index (χ0v) is 31.9. The van der Waals surface area contributed by atoms with Gasteiger partial charge in [-0.25, -0.2) is 0 Å². The fourth-order valence-electron chi connectivity index (χ4n) is 9.18. The van der Waals surface area contributed by atoms with E-state index in [-0.39, 0.29) is 5.41 Å². The van der Waals surface area contributed by atoms with Gasteiger partial charge < -0.3 is 9.32 Å². The van der Waals surface area contributed by atoms with Gasteiger partial charge in [0.1, 0.15) is 11.2 Å². The van der Waals surface area contributed by atoms with Gasteiger partial charge in [-0.1, -0.05) is 166 Å². The van der Waals surface area contributed by atoms with Crippen LogP contribution in [0.15, 0.2) is 205 Å². The van der Waals surface area contributed by atoms with Crippen molar-refractivity contribution in [3.05, 3.63) is 211 Å². The Hall–Kier alpha value is -7.16. The molecule has 1 aromatic heterocycles. The van der Waals surface area contributed by atoms with Crippen LogP contribution in [-0.4, -0.2) is 0 Å². The molecule has 2 heteroatoms. The number of nitrogens with zero attached hydrogens (tertiary/aromatic N) is 1. The number of benzene rings is 9. The second-order valence-electron chi connectivity index (χ2n) is 15.7. The summed E-state index contributed by atoms with van der Waals surface area (Å²) in [6.45, 7) is 4.70. The Morgan fingerprint density at radius 1 is 0.386 bits per heavy atom. The molecule has 57 heavy (non-hydrogen) atoms. The predicted octanol–water partition coefficient (Wildman–Crippen LogP) is 15.5. The van der Waals surface area contributed by atoms with E-state index in [0.29, 0.717) is 0 Å². The highest BCUT2D eigenvalue weighted by Crippen LogP contribution is 2.51. The molecule has 1 heterocycles. The maximum atomic E-state index is 7.01. The fourth-order valence-corrected chi connectivity index (χ4v) is 9.18. The van der Waals surface area contributed by atoms with E-state index in [2.05, 4.69) is 219 Å². The molecule has 11 rings (SSSR count). The molecular weight excluding hydrogens is 691 g/mol. The number of hydrogen-bond acceptors (Lipinski definition) is 2. The Morgan fingerprint density at radius 3 is 1.82 bits per heavy atom. The van der Waals surface area contributed by atoms with Gasteiger partial charge in [0.25, 0.3) is 0 Å². The van der Waals surface area contributed by atoms with Crippen LogP contribution in [-0.2, 0) is 5.41 Å². The lowest BCUT2D eigenvalue weighted by Crippen LogP contribution is -2.16. The molecule has 0 atom stereocenters. The smallest absolute Gasteiger partial charge is 0.143 e. The van der Waals surface area contributed by atoms with Crippen molar-refractivity contribution < 1.29 is 4.42 Å². The topological polar surface area (TPSA) is 16.4 Å². The SMILES string of the molecule is CC1(C)c2ccccc2-c2ccc(N(c3ccc(-c4ccccc4)cc3)c3cc(-c4cccc(-c5ccccc5)c4)c4c(c3)oc3c5ccccc5ccc34)cc21. The van der Waals surface area contributed by atoms with Crippen molar-refractivity contribution >= 4 is 49.8 Å². The summed E-state index contributed by atoms with van der Waals surface area (Å²) in [6.07, 6.45) is 0. The molecule has 0 spiro atoms. The first-order valence-electron chi connectivity index (χ1n) is 19.8. The van der Waals surface area contributed by atoms with Crippen LogP contribution in [0.4, 0.5) is 17.1 Å². The first-order valence-corrected chi connectivity index (χ1v) is 19.8. The highest BCUT2D eigenvalue weighted by atomic mass is 16.3. The summed E-state index contributed by atoms with van der Waals surface area (Å²) >= 11 is 0. The quantitative estimate of drug-likeness (QED) is 0.169. The lowest BCUT2D eigenvalue weighted by Gasteiger charge is -2.29. The summed E-state index contributed by atoms with van der Waals surface area (Å²) in [5.74, 6) is 0. The minimum absolute atomic E-state index is 0.141. The minimum atomic E-state index is -0.141. The van der Waals surface area contributed by atoms with Gasteiger partial charge in [-0.2, -0.15) is 0 Å². The molecule has 10 aromatic rings. The summed E-state index contributed by atoms with van der Waals surface area (Å²) in [5, 5.41) is 4.52. The summed E-state index contributed by atoms with van der Waals surface area (Å²) in [6, 6.07) is 72.6. The van der Waals surface area contributed by atoms with Gasteiger partial charge >= 0.3 is 0 Å². The number of furan rings is 1. The van der Waals surface area contributed by atoms with E-state index in [0.717, 1.165) is 55.5 Å². The summed E-state index contributed by atoms with van der Waals surface area (Å²) < 4.78 is 7.01. The first kappa shape index (κ1) is 33.2. The van der Waals surface area contributed by atoms with Crippen LogP contribution in [0.3, 0.4) is 0 Å². The Balaban J connectivity index is 1.17. The van der Waals surface area contributed by atoms with E-state index in [4.69, 9.17) is 4.42 Å². The minimum Gasteiger partial charge on any atom is -0.455 e. The van der Waals surface area contributed by atoms with Crippen LogP contribution in [0.2, 0.25) is 0 Å². The van der Waals surface area contributed by atoms with E-state index in [1.807, 2.05) is 0 Å². The Labute approximate surface area is 332 Å². The molecule has 0 fully saturated rings. The van der Waals surface area contributed by atoms with Crippen LogP contribution in [0.5, 0.6) is 0 Å². The third kappa shape index (κ3) is 5.40. The summed E-state index contributed by atoms with van der Waals surface area (Å²) in [7, 11) is 0. The fraction of sp³-hybridized carbons (Fsp3) is 0.0545. The normalized spacial score (nSPS) is 12.9. The van der Waals surface area contributed by atoms with Crippen LogP contribution < -0.4 is 4.90 Å². The zero-order chi connectivity index (χ0) is 38.1. The van der Waals surface area contributed by atoms with Gasteiger partial charge in [-0.15, -0.1) is 0 Å². The van der Waals surface area contributed by atoms with Crippen molar-refractivity contribution in [1.82, 2.24) is 0 Å². The van der Waals surface area contributed by atoms with Crippen LogP contribution >= 0.6 is 0 Å². The lowest BCUT2D eigenvalue weighted by molar-refractivity contribution is 0.660. The van der Waals surface area contributed by atoms with Gasteiger partial charge in [0.05, 0.1) is 5.69 Å². The Bertz CT molecular complexity index is 3140. The van der Waals surface area contributed by atoms with Crippen molar-refractivity contribution in [3.8, 4) is 44.5 Å². The lowest BCUT2D eigenvalue weighted by atomic mass is 9.82. The maximum absolute atomic E-state index is 7.01. The van der Waals surface area contributed by atoms with E-state index >= 15 is 0 Å². The van der Waals surface area contributed by atoms with Crippen LogP contribution in [0.1, 0.15) is 25.0 Å². The Morgan fingerprint density at radius 2 is 1.02 bits per heavy atom. The van der Waals surface area contributed by atoms with Gasteiger partial charge in [0.2, 0.25) is 0 Å². The van der Waals surface area contributed by atoms with Gasteiger partial charge in [-0.05, 0) is 103 Å². The van der Waals surface area contributed by atoms with Crippen molar-refractivity contribution in [3.63, 3.8) is 0 Å². The number of fused-ring (bicyclic) bond motifs is 8. The van der Waals surface area contributed by atoms with Crippen LogP contribution in [0, 0.1) is 0 Å². The molecule has 0 bridgehead atoms. The highest BCUT2D eigenvalue weighted by molar-refractivity contribution is 6.20. The van der Waals surface area contributed by atoms with Crippen molar-refractivity contribution in [1.29, 1.82) is 0 Å². The largest absolute Gasteiger partial charge is 0.455 e. The molecular formula is C55H39NO. The molecule has 270 valence electrons. The average Bonchev–Trinajstić information content (AvgIpc) is 3.76. The predicted molar refractivity (Wildman–Crippen MR) is 240 cm³/mol. The average molecular weight is 730 g/mol. The molecule has 0 N–H and O–H groups in total. The molecule has 2 nitrogen and oxygen atoms in total. The highest BCUT2D eigenvalue weighted by Gasteiger charge is 2.36. The molecule has 0 unspecified atom stereocenters. The Kier molecular flexibility index (Phi) is 7.55. The second kappa shape index (κ2) is 13.0. The standard InChI is InChI=1S/C55H39NO/c1-55(2)50-23-12-11-22-46(50)47-31-29-43(34-51(47)55)56(42-27-24-38(25-28-42)36-14-5-3-6-15-36)44-33-49(41-20-13-19-40(32-41)37-16-7-4-8-17-37)53-48-30-26-39-18-9-10-21-45(39)54(48)57-52(53)35-44/h3-35H,1-2H3. The van der Waals surface area contributed by atoms with Crippen molar-refractivity contribution in [2.24, 2.45) is 0 Å². The number of rotatable bonds is 6. The maximum Gasteiger partial charge on any atom is 0.143 e. The molecule has 0 amide bonds. The van der Waals surface area contributed by atoms with E-state index in [1.165, 1.54) is 49.9 Å². The number of hydrogen-bond donors (Lipinski definition) is 0. The number of anilines is 3. The van der Waals surface area contributed by atoms with Gasteiger partial charge in [0, 0.05) is 39.0 Å². The van der Waals surface area contributed by atoms with Gasteiger partial charge in [-0.3, -0.25) is 0 Å². The molecule has 0 aliphatic heterocycles. The summed E-state index contributed by atoms with van der Waals surface area (Å²) in [4.78, 5) is 2.41. The van der Waals surface area contributed by atoms with E-state index < -0.39 is 0 Å². The van der Waals surface area contributed by atoms with Crippen molar-refractivity contribution in [2.75, 3.05) is 4.90 Å². The molecule has 0 saturated carbocycles. The van der Waals surface area contributed by atoms with E-state index in [9.17, 15) is 0 Å². The van der Waals surface area contributed by atoms with Crippen molar-refractivity contribution in [2.45, 2.75) is 19.3 Å². The first-order chi connectivity index (χ1) is 28.0.